The average Bonchev–Trinajstić information content (AvgIpc) is 2.95. The topological polar surface area (TPSA) is 3.24 Å². The molecule has 3 aromatic rings. The second-order valence-corrected chi connectivity index (χ2v) is 4.88. The van der Waals surface area contributed by atoms with E-state index in [1.165, 1.54) is 16.4 Å². The highest BCUT2D eigenvalue weighted by atomic mass is 32.1. The number of hydrogen-bond donors (Lipinski definition) is 0. The Morgan fingerprint density at radius 3 is 1.61 bits per heavy atom. The van der Waals surface area contributed by atoms with Gasteiger partial charge in [-0.15, -0.1) is 11.3 Å². The Hall–Kier alpha value is -2.06. The van der Waals surface area contributed by atoms with E-state index in [2.05, 4.69) is 70.9 Å². The van der Waals surface area contributed by atoms with Gasteiger partial charge in [-0.1, -0.05) is 36.4 Å². The molecule has 0 aliphatic heterocycles. The van der Waals surface area contributed by atoms with E-state index in [1.54, 1.807) is 11.3 Å². The fraction of sp³-hybridized carbons (Fsp3) is 0. The summed E-state index contributed by atoms with van der Waals surface area (Å²) in [6, 6.07) is 25.1. The molecule has 0 saturated heterocycles. The quantitative estimate of drug-likeness (QED) is 0.617. The van der Waals surface area contributed by atoms with E-state index < -0.39 is 0 Å². The van der Waals surface area contributed by atoms with Crippen molar-refractivity contribution in [1.82, 2.24) is 0 Å². The second kappa shape index (κ2) is 5.07. The SMILES string of the molecule is c1ccc(N(c2ccccc2)c2cccs2)cc1. The van der Waals surface area contributed by atoms with Crippen molar-refractivity contribution in [2.24, 2.45) is 0 Å². The lowest BCUT2D eigenvalue weighted by molar-refractivity contribution is 1.32. The Labute approximate surface area is 111 Å². The zero-order chi connectivity index (χ0) is 12.2. The first-order chi connectivity index (χ1) is 8.95. The van der Waals surface area contributed by atoms with E-state index >= 15 is 0 Å². The highest BCUT2D eigenvalue weighted by Gasteiger charge is 2.11. The second-order valence-electron chi connectivity index (χ2n) is 3.96. The fourth-order valence-corrected chi connectivity index (χ4v) is 2.72. The van der Waals surface area contributed by atoms with Crippen LogP contribution in [0.5, 0.6) is 0 Å². The van der Waals surface area contributed by atoms with Gasteiger partial charge in [-0.05, 0) is 41.8 Å². The van der Waals surface area contributed by atoms with Crippen molar-refractivity contribution in [1.29, 1.82) is 0 Å². The number of para-hydroxylation sites is 2. The molecule has 88 valence electrons. The molecule has 3 rings (SSSR count). The van der Waals surface area contributed by atoms with Crippen LogP contribution in [0, 0.1) is 0 Å². The van der Waals surface area contributed by atoms with Crippen LogP contribution in [0.15, 0.2) is 78.2 Å². The zero-order valence-electron chi connectivity index (χ0n) is 9.86. The summed E-state index contributed by atoms with van der Waals surface area (Å²) in [4.78, 5) is 2.27. The first-order valence-corrected chi connectivity index (χ1v) is 6.77. The molecule has 1 nitrogen and oxygen atoms in total. The van der Waals surface area contributed by atoms with Crippen LogP contribution >= 0.6 is 11.3 Å². The molecule has 0 atom stereocenters. The standard InChI is InChI=1S/C16H13NS/c1-3-8-14(9-4-1)17(16-12-7-13-18-16)15-10-5-2-6-11-15/h1-13H. The molecular weight excluding hydrogens is 238 g/mol. The molecule has 1 aromatic heterocycles. The molecule has 0 aliphatic rings. The van der Waals surface area contributed by atoms with E-state index in [0.29, 0.717) is 0 Å². The van der Waals surface area contributed by atoms with Crippen molar-refractivity contribution in [2.45, 2.75) is 0 Å². The summed E-state index contributed by atoms with van der Waals surface area (Å²) in [6.07, 6.45) is 0. The molecule has 0 unspecified atom stereocenters. The van der Waals surface area contributed by atoms with E-state index in [9.17, 15) is 0 Å². The van der Waals surface area contributed by atoms with Gasteiger partial charge in [0.05, 0.1) is 5.00 Å². The van der Waals surface area contributed by atoms with Crippen LogP contribution in [-0.4, -0.2) is 0 Å². The van der Waals surface area contributed by atoms with Crippen LogP contribution in [0.1, 0.15) is 0 Å². The van der Waals surface area contributed by atoms with Crippen molar-refractivity contribution in [3.63, 3.8) is 0 Å². The summed E-state index contributed by atoms with van der Waals surface area (Å²) in [6.45, 7) is 0. The summed E-state index contributed by atoms with van der Waals surface area (Å²) in [5, 5.41) is 3.33. The molecule has 1 heterocycles. The van der Waals surface area contributed by atoms with Gasteiger partial charge in [0, 0.05) is 11.4 Å². The number of rotatable bonds is 3. The summed E-state index contributed by atoms with van der Waals surface area (Å²) < 4.78 is 0. The van der Waals surface area contributed by atoms with Gasteiger partial charge in [0.1, 0.15) is 0 Å². The van der Waals surface area contributed by atoms with Crippen molar-refractivity contribution in [3.05, 3.63) is 78.2 Å². The monoisotopic (exact) mass is 251 g/mol. The summed E-state index contributed by atoms with van der Waals surface area (Å²) in [5.74, 6) is 0. The minimum atomic E-state index is 1.19. The first-order valence-electron chi connectivity index (χ1n) is 5.89. The lowest BCUT2D eigenvalue weighted by Gasteiger charge is -2.23. The van der Waals surface area contributed by atoms with Gasteiger partial charge in [0.2, 0.25) is 0 Å². The molecule has 2 aromatic carbocycles. The molecule has 0 fully saturated rings. The molecule has 0 saturated carbocycles. The van der Waals surface area contributed by atoms with E-state index in [0.717, 1.165) is 0 Å². The van der Waals surface area contributed by atoms with Gasteiger partial charge < -0.3 is 4.90 Å². The highest BCUT2D eigenvalue weighted by Crippen LogP contribution is 2.36. The van der Waals surface area contributed by atoms with Crippen LogP contribution < -0.4 is 4.90 Å². The number of hydrogen-bond acceptors (Lipinski definition) is 2. The third-order valence-corrected chi connectivity index (χ3v) is 3.61. The zero-order valence-corrected chi connectivity index (χ0v) is 10.7. The van der Waals surface area contributed by atoms with Gasteiger partial charge in [-0.3, -0.25) is 0 Å². The summed E-state index contributed by atoms with van der Waals surface area (Å²) in [7, 11) is 0. The molecule has 0 aliphatic carbocycles. The largest absolute Gasteiger partial charge is 0.302 e. The van der Waals surface area contributed by atoms with Gasteiger partial charge >= 0.3 is 0 Å². The minimum absolute atomic E-state index is 1.19. The highest BCUT2D eigenvalue weighted by molar-refractivity contribution is 7.14. The van der Waals surface area contributed by atoms with Gasteiger partial charge in [0.25, 0.3) is 0 Å². The number of anilines is 3. The van der Waals surface area contributed by atoms with Crippen LogP contribution in [-0.2, 0) is 0 Å². The first kappa shape index (κ1) is 11.1. The molecule has 0 N–H and O–H groups in total. The van der Waals surface area contributed by atoms with E-state index in [4.69, 9.17) is 0 Å². The van der Waals surface area contributed by atoms with Crippen molar-refractivity contribution in [2.75, 3.05) is 4.90 Å². The fourth-order valence-electron chi connectivity index (χ4n) is 1.95. The van der Waals surface area contributed by atoms with Crippen LogP contribution in [0.25, 0.3) is 0 Å². The van der Waals surface area contributed by atoms with Crippen LogP contribution in [0.2, 0.25) is 0 Å². The normalized spacial score (nSPS) is 10.2. The smallest absolute Gasteiger partial charge is 0.0999 e. The van der Waals surface area contributed by atoms with Crippen molar-refractivity contribution >= 4 is 27.7 Å². The van der Waals surface area contributed by atoms with Crippen LogP contribution in [0.4, 0.5) is 16.4 Å². The number of nitrogens with zero attached hydrogens (tertiary/aromatic N) is 1. The maximum absolute atomic E-state index is 2.27. The number of thiophene rings is 1. The maximum Gasteiger partial charge on any atom is 0.0999 e. The molecule has 0 bridgehead atoms. The molecule has 18 heavy (non-hydrogen) atoms. The third-order valence-electron chi connectivity index (χ3n) is 2.76. The summed E-state index contributed by atoms with van der Waals surface area (Å²) >= 11 is 1.75. The van der Waals surface area contributed by atoms with E-state index in [-0.39, 0.29) is 0 Å². The molecular formula is C16H13NS. The molecule has 0 radical (unpaired) electrons. The maximum atomic E-state index is 2.27. The number of benzene rings is 2. The van der Waals surface area contributed by atoms with Gasteiger partial charge in [-0.25, -0.2) is 0 Å². The van der Waals surface area contributed by atoms with Gasteiger partial charge in [0.15, 0.2) is 0 Å². The predicted octanol–water partition coefficient (Wildman–Crippen LogP) is 5.22. The Balaban J connectivity index is 2.11. The predicted molar refractivity (Wildman–Crippen MR) is 79.0 cm³/mol. The minimum Gasteiger partial charge on any atom is -0.302 e. The summed E-state index contributed by atoms with van der Waals surface area (Å²) in [5.41, 5.74) is 2.37. The van der Waals surface area contributed by atoms with Crippen molar-refractivity contribution in [3.8, 4) is 0 Å². The van der Waals surface area contributed by atoms with Crippen LogP contribution in [0.3, 0.4) is 0 Å². The molecule has 2 heteroatoms. The van der Waals surface area contributed by atoms with E-state index in [1.807, 2.05) is 12.1 Å². The molecule has 0 amide bonds. The lowest BCUT2D eigenvalue weighted by atomic mass is 10.2. The Morgan fingerprint density at radius 1 is 0.611 bits per heavy atom. The average molecular weight is 251 g/mol. The Bertz CT molecular complexity index is 548. The van der Waals surface area contributed by atoms with Gasteiger partial charge in [-0.2, -0.15) is 0 Å². The third kappa shape index (κ3) is 2.15. The Kier molecular flexibility index (Phi) is 3.11. The lowest BCUT2D eigenvalue weighted by Crippen LogP contribution is -2.07. The van der Waals surface area contributed by atoms with Crippen molar-refractivity contribution < 1.29 is 0 Å². The Morgan fingerprint density at radius 2 is 1.17 bits per heavy atom. The molecule has 0 spiro atoms.